The van der Waals surface area contributed by atoms with E-state index >= 15 is 0 Å². The van der Waals surface area contributed by atoms with Gasteiger partial charge in [-0.25, -0.2) is 4.39 Å². The fourth-order valence-corrected chi connectivity index (χ4v) is 4.14. The van der Waals surface area contributed by atoms with Crippen LogP contribution in [-0.4, -0.2) is 12.6 Å². The van der Waals surface area contributed by atoms with E-state index in [0.29, 0.717) is 12.0 Å². The van der Waals surface area contributed by atoms with E-state index in [-0.39, 0.29) is 10.8 Å². The molecule has 2 rings (SSSR count). The Kier molecular flexibility index (Phi) is 6.07. The molecule has 1 aliphatic rings. The van der Waals surface area contributed by atoms with Crippen molar-refractivity contribution < 1.29 is 4.39 Å². The first-order chi connectivity index (χ1) is 10.0. The average Bonchev–Trinajstić information content (AvgIpc) is 2.42. The normalized spacial score (nSPS) is 27.6. The van der Waals surface area contributed by atoms with Crippen molar-refractivity contribution in [1.82, 2.24) is 5.32 Å². The summed E-state index contributed by atoms with van der Waals surface area (Å²) in [6.07, 6.45) is 4.53. The second kappa shape index (κ2) is 7.60. The first-order valence-electron chi connectivity index (χ1n) is 8.17. The maximum Gasteiger partial charge on any atom is 0.145 e. The van der Waals surface area contributed by atoms with Gasteiger partial charge in [-0.15, -0.1) is 0 Å². The maximum atomic E-state index is 14.2. The Morgan fingerprint density at radius 2 is 1.90 bits per heavy atom. The zero-order chi connectivity index (χ0) is 15.4. The molecule has 3 heteroatoms. The number of rotatable bonds is 5. The fourth-order valence-electron chi connectivity index (χ4n) is 3.95. The van der Waals surface area contributed by atoms with Crippen LogP contribution in [0.1, 0.15) is 45.6 Å². The van der Waals surface area contributed by atoms with Crippen molar-refractivity contribution in [1.29, 1.82) is 0 Å². The third-order valence-electron chi connectivity index (χ3n) is 4.72. The summed E-state index contributed by atoms with van der Waals surface area (Å²) in [5, 5.41) is 3.81. The average molecular weight is 312 g/mol. The van der Waals surface area contributed by atoms with Crippen LogP contribution in [0.15, 0.2) is 18.2 Å². The molecule has 3 unspecified atom stereocenters. The predicted molar refractivity (Wildman–Crippen MR) is 88.2 cm³/mol. The summed E-state index contributed by atoms with van der Waals surface area (Å²) in [6.45, 7) is 7.72. The van der Waals surface area contributed by atoms with E-state index in [4.69, 9.17) is 11.6 Å². The molecule has 0 amide bonds. The molecule has 0 heterocycles. The zero-order valence-corrected chi connectivity index (χ0v) is 14.1. The third-order valence-corrected chi connectivity index (χ3v) is 5.01. The second-order valence-corrected chi connectivity index (χ2v) is 7.17. The molecule has 0 bridgehead atoms. The van der Waals surface area contributed by atoms with Gasteiger partial charge in [0.05, 0.1) is 5.02 Å². The van der Waals surface area contributed by atoms with Gasteiger partial charge < -0.3 is 5.32 Å². The molecule has 1 aliphatic carbocycles. The third kappa shape index (κ3) is 4.43. The number of nitrogens with one attached hydrogen (secondary N) is 1. The number of hydrogen-bond donors (Lipinski definition) is 1. The molecule has 118 valence electrons. The summed E-state index contributed by atoms with van der Waals surface area (Å²) < 4.78 is 14.2. The van der Waals surface area contributed by atoms with Gasteiger partial charge in [0.25, 0.3) is 0 Å². The number of halogens is 2. The van der Waals surface area contributed by atoms with Crippen LogP contribution in [0.4, 0.5) is 4.39 Å². The van der Waals surface area contributed by atoms with Gasteiger partial charge in [0.1, 0.15) is 5.82 Å². The van der Waals surface area contributed by atoms with Gasteiger partial charge in [0.2, 0.25) is 0 Å². The van der Waals surface area contributed by atoms with Crippen molar-refractivity contribution in [2.75, 3.05) is 6.54 Å². The first kappa shape index (κ1) is 16.8. The van der Waals surface area contributed by atoms with Crippen LogP contribution in [0.25, 0.3) is 0 Å². The minimum absolute atomic E-state index is 0.230. The SMILES string of the molecule is CCNC(Cc1cccc(Cl)c1F)C1CC(C)CC(C)C1. The second-order valence-electron chi connectivity index (χ2n) is 6.76. The van der Waals surface area contributed by atoms with Gasteiger partial charge in [-0.3, -0.25) is 0 Å². The Labute approximate surface area is 133 Å². The van der Waals surface area contributed by atoms with Crippen LogP contribution in [0.2, 0.25) is 5.02 Å². The summed E-state index contributed by atoms with van der Waals surface area (Å²) in [4.78, 5) is 0. The summed E-state index contributed by atoms with van der Waals surface area (Å²) in [5.41, 5.74) is 0.735. The Balaban J connectivity index is 2.13. The number of benzene rings is 1. The summed E-state index contributed by atoms with van der Waals surface area (Å²) in [5.74, 6) is 1.91. The molecule has 21 heavy (non-hydrogen) atoms. The van der Waals surface area contributed by atoms with Crippen molar-refractivity contribution in [2.24, 2.45) is 17.8 Å². The molecule has 1 saturated carbocycles. The largest absolute Gasteiger partial charge is 0.314 e. The van der Waals surface area contributed by atoms with E-state index in [0.717, 1.165) is 30.4 Å². The lowest BCUT2D eigenvalue weighted by atomic mass is 9.72. The molecule has 0 aliphatic heterocycles. The Morgan fingerprint density at radius 3 is 2.52 bits per heavy atom. The molecule has 1 fully saturated rings. The van der Waals surface area contributed by atoms with E-state index in [2.05, 4.69) is 26.1 Å². The molecule has 0 saturated heterocycles. The van der Waals surface area contributed by atoms with Crippen LogP contribution in [0, 0.1) is 23.6 Å². The highest BCUT2D eigenvalue weighted by molar-refractivity contribution is 6.30. The van der Waals surface area contributed by atoms with Crippen LogP contribution >= 0.6 is 11.6 Å². The lowest BCUT2D eigenvalue weighted by molar-refractivity contribution is 0.176. The van der Waals surface area contributed by atoms with Gasteiger partial charge in [-0.05, 0) is 61.6 Å². The Bertz CT molecular complexity index is 453. The van der Waals surface area contributed by atoms with Crippen molar-refractivity contribution in [2.45, 2.75) is 52.5 Å². The Morgan fingerprint density at radius 1 is 1.24 bits per heavy atom. The van der Waals surface area contributed by atoms with Crippen molar-refractivity contribution in [3.8, 4) is 0 Å². The molecule has 1 aromatic rings. The summed E-state index contributed by atoms with van der Waals surface area (Å²) in [6, 6.07) is 5.66. The maximum absolute atomic E-state index is 14.2. The smallest absolute Gasteiger partial charge is 0.145 e. The minimum Gasteiger partial charge on any atom is -0.314 e. The summed E-state index contributed by atoms with van der Waals surface area (Å²) >= 11 is 5.91. The molecule has 0 aromatic heterocycles. The van der Waals surface area contributed by atoms with Crippen LogP contribution in [0.3, 0.4) is 0 Å². The van der Waals surface area contributed by atoms with Crippen LogP contribution in [-0.2, 0) is 6.42 Å². The fraction of sp³-hybridized carbons (Fsp3) is 0.667. The van der Waals surface area contributed by atoms with E-state index in [1.807, 2.05) is 12.1 Å². The molecule has 3 atom stereocenters. The van der Waals surface area contributed by atoms with Crippen LogP contribution in [0.5, 0.6) is 0 Å². The van der Waals surface area contributed by atoms with Crippen molar-refractivity contribution in [3.63, 3.8) is 0 Å². The molecule has 1 nitrogen and oxygen atoms in total. The molecule has 0 spiro atoms. The van der Waals surface area contributed by atoms with Gasteiger partial charge >= 0.3 is 0 Å². The molecule has 0 radical (unpaired) electrons. The van der Waals surface area contributed by atoms with Gasteiger partial charge in [-0.2, -0.15) is 0 Å². The summed E-state index contributed by atoms with van der Waals surface area (Å²) in [7, 11) is 0. The number of hydrogen-bond acceptors (Lipinski definition) is 1. The van der Waals surface area contributed by atoms with E-state index < -0.39 is 0 Å². The van der Waals surface area contributed by atoms with Gasteiger partial charge in [-0.1, -0.05) is 44.5 Å². The molecule has 1 N–H and O–H groups in total. The monoisotopic (exact) mass is 311 g/mol. The predicted octanol–water partition coefficient (Wildman–Crippen LogP) is 5.07. The van der Waals surface area contributed by atoms with E-state index in [9.17, 15) is 4.39 Å². The Hall–Kier alpha value is -0.600. The van der Waals surface area contributed by atoms with Gasteiger partial charge in [0.15, 0.2) is 0 Å². The quantitative estimate of drug-likeness (QED) is 0.800. The minimum atomic E-state index is -0.251. The topological polar surface area (TPSA) is 12.0 Å². The zero-order valence-electron chi connectivity index (χ0n) is 13.3. The molecule has 1 aromatic carbocycles. The molecular weight excluding hydrogens is 285 g/mol. The highest BCUT2D eigenvalue weighted by Gasteiger charge is 2.30. The van der Waals surface area contributed by atoms with E-state index in [1.54, 1.807) is 6.07 Å². The lowest BCUT2D eigenvalue weighted by Gasteiger charge is -2.37. The standard InChI is InChI=1S/C18H27ClFN/c1-4-21-17(15-9-12(2)8-13(3)10-15)11-14-6-5-7-16(19)18(14)20/h5-7,12-13,15,17,21H,4,8-11H2,1-3H3. The van der Waals surface area contributed by atoms with E-state index in [1.165, 1.54) is 19.3 Å². The van der Waals surface area contributed by atoms with Crippen LogP contribution < -0.4 is 5.32 Å². The highest BCUT2D eigenvalue weighted by Crippen LogP contribution is 2.36. The van der Waals surface area contributed by atoms with Crippen molar-refractivity contribution >= 4 is 11.6 Å². The molecular formula is C18H27ClFN. The highest BCUT2D eigenvalue weighted by atomic mass is 35.5. The lowest BCUT2D eigenvalue weighted by Crippen LogP contribution is -2.41. The van der Waals surface area contributed by atoms with Crippen molar-refractivity contribution in [3.05, 3.63) is 34.6 Å². The van der Waals surface area contributed by atoms with Gasteiger partial charge in [0, 0.05) is 6.04 Å². The first-order valence-corrected chi connectivity index (χ1v) is 8.55. The number of likely N-dealkylation sites (N-methyl/N-ethyl adjacent to an activating group) is 1.